The number of rotatable bonds is 5. The Kier molecular flexibility index (Phi) is 3.08. The molecule has 0 bridgehead atoms. The number of hydrogen-bond acceptors (Lipinski definition) is 2. The Morgan fingerprint density at radius 1 is 1.20 bits per heavy atom. The fourth-order valence-electron chi connectivity index (χ4n) is 1.95. The zero-order chi connectivity index (χ0) is 10.7. The van der Waals surface area contributed by atoms with E-state index in [0.29, 0.717) is 0 Å². The van der Waals surface area contributed by atoms with Crippen LogP contribution in [-0.4, -0.2) is 19.3 Å². The molecule has 1 aliphatic rings. The molecule has 0 heterocycles. The van der Waals surface area contributed by atoms with Crippen molar-refractivity contribution in [2.45, 2.75) is 31.3 Å². The second kappa shape index (κ2) is 4.33. The summed E-state index contributed by atoms with van der Waals surface area (Å²) in [4.78, 5) is 0. The van der Waals surface area contributed by atoms with Gasteiger partial charge in [0, 0.05) is 13.5 Å². The second-order valence-electron chi connectivity index (χ2n) is 4.42. The first-order valence-corrected chi connectivity index (χ1v) is 5.61. The molecule has 2 heteroatoms. The molecule has 15 heavy (non-hydrogen) atoms. The van der Waals surface area contributed by atoms with Gasteiger partial charge in [0.15, 0.2) is 0 Å². The van der Waals surface area contributed by atoms with E-state index in [1.165, 1.54) is 24.0 Å². The molecule has 0 atom stereocenters. The molecule has 1 fully saturated rings. The molecule has 2 N–H and O–H groups in total. The Bertz CT molecular complexity index is 314. The molecule has 1 aromatic rings. The van der Waals surface area contributed by atoms with E-state index in [-0.39, 0.29) is 5.60 Å². The Morgan fingerprint density at radius 3 is 2.27 bits per heavy atom. The quantitative estimate of drug-likeness (QED) is 0.797. The minimum atomic E-state index is 0.162. The summed E-state index contributed by atoms with van der Waals surface area (Å²) < 4.78 is 5.51. The van der Waals surface area contributed by atoms with Crippen molar-refractivity contribution in [3.63, 3.8) is 0 Å². The summed E-state index contributed by atoms with van der Waals surface area (Å²) in [5.74, 6) is 0. The van der Waals surface area contributed by atoms with Crippen molar-refractivity contribution in [1.29, 1.82) is 0 Å². The lowest BCUT2D eigenvalue weighted by atomic mass is 10.0. The third-order valence-electron chi connectivity index (χ3n) is 3.22. The number of benzene rings is 1. The number of nitrogens with two attached hydrogens (primary N) is 1. The Labute approximate surface area is 91.4 Å². The van der Waals surface area contributed by atoms with Crippen LogP contribution in [0.2, 0.25) is 0 Å². The van der Waals surface area contributed by atoms with E-state index < -0.39 is 0 Å². The minimum absolute atomic E-state index is 0.162. The predicted molar refractivity (Wildman–Crippen MR) is 61.9 cm³/mol. The summed E-state index contributed by atoms with van der Waals surface area (Å²) in [7, 11) is 1.82. The van der Waals surface area contributed by atoms with Gasteiger partial charge in [-0.1, -0.05) is 24.3 Å². The average Bonchev–Trinajstić information content (AvgIpc) is 3.02. The normalized spacial score (nSPS) is 17.7. The number of ether oxygens (including phenoxy) is 1. The first-order valence-electron chi connectivity index (χ1n) is 5.61. The molecule has 1 aliphatic carbocycles. The number of hydrogen-bond donors (Lipinski definition) is 1. The van der Waals surface area contributed by atoms with Crippen LogP contribution in [0.15, 0.2) is 24.3 Å². The SMILES string of the molecule is COC1(Cc2ccc(CCN)cc2)CC1. The van der Waals surface area contributed by atoms with Gasteiger partial charge < -0.3 is 10.5 Å². The van der Waals surface area contributed by atoms with E-state index in [1.54, 1.807) is 0 Å². The molecule has 0 unspecified atom stereocenters. The topological polar surface area (TPSA) is 35.2 Å². The van der Waals surface area contributed by atoms with E-state index in [2.05, 4.69) is 24.3 Å². The first kappa shape index (κ1) is 10.7. The van der Waals surface area contributed by atoms with E-state index in [4.69, 9.17) is 10.5 Å². The largest absolute Gasteiger partial charge is 0.378 e. The molecule has 0 saturated heterocycles. The third-order valence-corrected chi connectivity index (χ3v) is 3.22. The lowest BCUT2D eigenvalue weighted by Crippen LogP contribution is -2.14. The van der Waals surface area contributed by atoms with Gasteiger partial charge in [-0.3, -0.25) is 0 Å². The maximum absolute atomic E-state index is 5.51. The van der Waals surface area contributed by atoms with Crippen molar-refractivity contribution in [3.05, 3.63) is 35.4 Å². The van der Waals surface area contributed by atoms with Crippen LogP contribution in [0.25, 0.3) is 0 Å². The van der Waals surface area contributed by atoms with E-state index in [0.717, 1.165) is 19.4 Å². The summed E-state index contributed by atoms with van der Waals surface area (Å²) in [5, 5.41) is 0. The minimum Gasteiger partial charge on any atom is -0.378 e. The van der Waals surface area contributed by atoms with Crippen molar-refractivity contribution in [2.24, 2.45) is 5.73 Å². The molecule has 0 aromatic heterocycles. The van der Waals surface area contributed by atoms with Gasteiger partial charge in [0.25, 0.3) is 0 Å². The zero-order valence-electron chi connectivity index (χ0n) is 9.33. The maximum atomic E-state index is 5.51. The fourth-order valence-corrected chi connectivity index (χ4v) is 1.95. The number of methoxy groups -OCH3 is 1. The molecule has 0 radical (unpaired) electrons. The summed E-state index contributed by atoms with van der Waals surface area (Å²) in [6, 6.07) is 8.75. The molecular weight excluding hydrogens is 186 g/mol. The molecular formula is C13H19NO. The lowest BCUT2D eigenvalue weighted by molar-refractivity contribution is 0.0807. The predicted octanol–water partition coefficient (Wildman–Crippen LogP) is 1.91. The van der Waals surface area contributed by atoms with Gasteiger partial charge in [0.05, 0.1) is 5.60 Å². The van der Waals surface area contributed by atoms with Crippen LogP contribution < -0.4 is 5.73 Å². The van der Waals surface area contributed by atoms with Crippen molar-refractivity contribution in [1.82, 2.24) is 0 Å². The van der Waals surface area contributed by atoms with Gasteiger partial charge in [-0.25, -0.2) is 0 Å². The van der Waals surface area contributed by atoms with Gasteiger partial charge in [-0.15, -0.1) is 0 Å². The highest BCUT2D eigenvalue weighted by molar-refractivity contribution is 5.25. The summed E-state index contributed by atoms with van der Waals surface area (Å²) in [6.45, 7) is 0.724. The second-order valence-corrected chi connectivity index (χ2v) is 4.42. The smallest absolute Gasteiger partial charge is 0.0721 e. The highest BCUT2D eigenvalue weighted by Crippen LogP contribution is 2.41. The molecule has 82 valence electrons. The van der Waals surface area contributed by atoms with Crippen molar-refractivity contribution in [2.75, 3.05) is 13.7 Å². The Morgan fingerprint density at radius 2 is 1.80 bits per heavy atom. The maximum Gasteiger partial charge on any atom is 0.0721 e. The van der Waals surface area contributed by atoms with Gasteiger partial charge in [0.1, 0.15) is 0 Å². The molecule has 1 aromatic carbocycles. The van der Waals surface area contributed by atoms with Gasteiger partial charge in [-0.05, 0) is 36.9 Å². The van der Waals surface area contributed by atoms with Gasteiger partial charge in [-0.2, -0.15) is 0 Å². The summed E-state index contributed by atoms with van der Waals surface area (Å²) in [6.07, 6.45) is 4.42. The third kappa shape index (κ3) is 2.58. The van der Waals surface area contributed by atoms with Crippen molar-refractivity contribution < 1.29 is 4.74 Å². The van der Waals surface area contributed by atoms with Crippen LogP contribution in [0.1, 0.15) is 24.0 Å². The van der Waals surface area contributed by atoms with Crippen LogP contribution in [-0.2, 0) is 17.6 Å². The van der Waals surface area contributed by atoms with Crippen LogP contribution in [0.5, 0.6) is 0 Å². The highest BCUT2D eigenvalue weighted by Gasteiger charge is 2.42. The zero-order valence-corrected chi connectivity index (χ0v) is 9.33. The Hall–Kier alpha value is -0.860. The highest BCUT2D eigenvalue weighted by atomic mass is 16.5. The lowest BCUT2D eigenvalue weighted by Gasteiger charge is -2.13. The van der Waals surface area contributed by atoms with E-state index >= 15 is 0 Å². The van der Waals surface area contributed by atoms with Gasteiger partial charge >= 0.3 is 0 Å². The molecule has 1 saturated carbocycles. The average molecular weight is 205 g/mol. The molecule has 2 nitrogen and oxygen atoms in total. The molecule has 0 amide bonds. The molecule has 2 rings (SSSR count). The van der Waals surface area contributed by atoms with Crippen molar-refractivity contribution in [3.8, 4) is 0 Å². The monoisotopic (exact) mass is 205 g/mol. The van der Waals surface area contributed by atoms with Crippen LogP contribution in [0.4, 0.5) is 0 Å². The van der Waals surface area contributed by atoms with Crippen LogP contribution in [0, 0.1) is 0 Å². The fraction of sp³-hybridized carbons (Fsp3) is 0.538. The molecule has 0 spiro atoms. The van der Waals surface area contributed by atoms with Crippen LogP contribution in [0.3, 0.4) is 0 Å². The standard InChI is InChI=1S/C13H19NO/c1-15-13(7-8-13)10-12-4-2-11(3-5-12)6-9-14/h2-5H,6-10,14H2,1H3. The van der Waals surface area contributed by atoms with E-state index in [9.17, 15) is 0 Å². The van der Waals surface area contributed by atoms with Gasteiger partial charge in [0.2, 0.25) is 0 Å². The summed E-state index contributed by atoms with van der Waals surface area (Å²) in [5.41, 5.74) is 8.37. The summed E-state index contributed by atoms with van der Waals surface area (Å²) >= 11 is 0. The van der Waals surface area contributed by atoms with Crippen molar-refractivity contribution >= 4 is 0 Å². The molecule has 0 aliphatic heterocycles. The Balaban J connectivity index is 1.98. The van der Waals surface area contributed by atoms with Crippen LogP contribution >= 0.6 is 0 Å². The van der Waals surface area contributed by atoms with E-state index in [1.807, 2.05) is 7.11 Å². The first-order chi connectivity index (χ1) is 7.28.